The zero-order chi connectivity index (χ0) is 18.1. The van der Waals surface area contributed by atoms with Gasteiger partial charge in [0.1, 0.15) is 0 Å². The lowest BCUT2D eigenvalue weighted by Gasteiger charge is -2.21. The summed E-state index contributed by atoms with van der Waals surface area (Å²) >= 11 is 0. The van der Waals surface area contributed by atoms with Crippen molar-refractivity contribution in [3.63, 3.8) is 0 Å². The summed E-state index contributed by atoms with van der Waals surface area (Å²) < 4.78 is 32.8. The fourth-order valence-electron chi connectivity index (χ4n) is 4.13. The Bertz CT molecular complexity index is 788. The first-order valence-electron chi connectivity index (χ1n) is 9.20. The number of sulfonamides is 1. The Balaban J connectivity index is 0.00000210. The molecule has 3 aliphatic rings. The van der Waals surface area contributed by atoms with Crippen LogP contribution in [-0.2, 0) is 32.8 Å². The molecule has 2 atom stereocenters. The first kappa shape index (κ1) is 20.5. The quantitative estimate of drug-likeness (QED) is 0.762. The van der Waals surface area contributed by atoms with Crippen molar-refractivity contribution < 1.29 is 17.9 Å². The van der Waals surface area contributed by atoms with Crippen molar-refractivity contribution in [2.45, 2.75) is 31.0 Å². The zero-order valence-corrected chi connectivity index (χ0v) is 16.8. The summed E-state index contributed by atoms with van der Waals surface area (Å²) in [4.78, 5) is 14.5. The van der Waals surface area contributed by atoms with E-state index in [0.717, 1.165) is 37.1 Å². The summed E-state index contributed by atoms with van der Waals surface area (Å²) in [6.45, 7) is 4.24. The molecule has 0 bridgehead atoms. The van der Waals surface area contributed by atoms with Gasteiger partial charge < -0.3 is 15.0 Å². The molecule has 0 radical (unpaired) electrons. The first-order valence-corrected chi connectivity index (χ1v) is 10.7. The van der Waals surface area contributed by atoms with E-state index in [0.29, 0.717) is 38.1 Å². The number of halogens is 1. The van der Waals surface area contributed by atoms with Gasteiger partial charge in [-0.25, -0.2) is 13.1 Å². The number of ether oxygens (including phenoxy) is 1. The molecule has 2 N–H and O–H groups in total. The maximum atomic E-state index is 12.5. The van der Waals surface area contributed by atoms with E-state index in [4.69, 9.17) is 4.74 Å². The molecular formula is C18H26ClN3O4S. The summed E-state index contributed by atoms with van der Waals surface area (Å²) in [5, 5.41) is 3.41. The van der Waals surface area contributed by atoms with Gasteiger partial charge in [-0.1, -0.05) is 6.07 Å². The highest BCUT2D eigenvalue weighted by atomic mass is 35.5. The number of nitrogens with one attached hydrogen (secondary N) is 2. The van der Waals surface area contributed by atoms with E-state index in [9.17, 15) is 13.2 Å². The lowest BCUT2D eigenvalue weighted by Crippen LogP contribution is -2.41. The Hall–Kier alpha value is -1.19. The van der Waals surface area contributed by atoms with Crippen LogP contribution in [-0.4, -0.2) is 51.9 Å². The number of carbonyl (C=O) groups excluding carboxylic acids is 1. The highest BCUT2D eigenvalue weighted by Crippen LogP contribution is 2.27. The van der Waals surface area contributed by atoms with E-state index < -0.39 is 10.0 Å². The zero-order valence-electron chi connectivity index (χ0n) is 15.1. The lowest BCUT2D eigenvalue weighted by molar-refractivity contribution is -0.129. The van der Waals surface area contributed by atoms with Crippen LogP contribution in [0.4, 0.5) is 0 Å². The number of fused-ring (bicyclic) bond motifs is 2. The molecule has 150 valence electrons. The predicted molar refractivity (Wildman–Crippen MR) is 103 cm³/mol. The molecule has 0 spiro atoms. The molecule has 1 aromatic rings. The summed E-state index contributed by atoms with van der Waals surface area (Å²) in [6, 6.07) is 4.98. The van der Waals surface area contributed by atoms with E-state index in [-0.39, 0.29) is 29.8 Å². The van der Waals surface area contributed by atoms with Gasteiger partial charge in [-0.2, -0.15) is 0 Å². The highest BCUT2D eigenvalue weighted by Gasteiger charge is 2.31. The minimum Gasteiger partial charge on any atom is -0.372 e. The maximum absolute atomic E-state index is 12.5. The molecule has 27 heavy (non-hydrogen) atoms. The lowest BCUT2D eigenvalue weighted by atomic mass is 9.92. The molecule has 9 heteroatoms. The van der Waals surface area contributed by atoms with Crippen LogP contribution in [0.25, 0.3) is 0 Å². The summed E-state index contributed by atoms with van der Waals surface area (Å²) in [5.41, 5.74) is 1.91. The molecule has 1 aromatic carbocycles. The molecule has 7 nitrogen and oxygen atoms in total. The Morgan fingerprint density at radius 1 is 1.15 bits per heavy atom. The van der Waals surface area contributed by atoms with Crippen molar-refractivity contribution in [3.8, 4) is 0 Å². The van der Waals surface area contributed by atoms with Crippen LogP contribution in [0.2, 0.25) is 0 Å². The second-order valence-corrected chi connectivity index (χ2v) is 9.15. The molecule has 3 aliphatic heterocycles. The molecule has 0 aliphatic carbocycles. The number of hydrogen-bond acceptors (Lipinski definition) is 5. The molecule has 0 saturated carbocycles. The highest BCUT2D eigenvalue weighted by molar-refractivity contribution is 7.89. The van der Waals surface area contributed by atoms with Gasteiger partial charge in [0, 0.05) is 13.1 Å². The number of carbonyl (C=O) groups is 1. The van der Waals surface area contributed by atoms with Gasteiger partial charge in [0.05, 0.1) is 24.7 Å². The van der Waals surface area contributed by atoms with Crippen LogP contribution in [0.15, 0.2) is 23.1 Å². The predicted octanol–water partition coefficient (Wildman–Crippen LogP) is 0.875. The van der Waals surface area contributed by atoms with Crippen LogP contribution in [0, 0.1) is 11.8 Å². The van der Waals surface area contributed by atoms with Crippen LogP contribution in [0.1, 0.15) is 24.0 Å². The van der Waals surface area contributed by atoms with Gasteiger partial charge in [0.2, 0.25) is 15.9 Å². The molecule has 2 fully saturated rings. The van der Waals surface area contributed by atoms with Crippen molar-refractivity contribution in [2.24, 2.45) is 11.8 Å². The van der Waals surface area contributed by atoms with Crippen molar-refractivity contribution in [2.75, 3.05) is 32.7 Å². The van der Waals surface area contributed by atoms with Crippen molar-refractivity contribution >= 4 is 28.3 Å². The molecule has 4 rings (SSSR count). The third kappa shape index (κ3) is 4.46. The number of likely N-dealkylation sites (tertiary alicyclic amines) is 1. The Morgan fingerprint density at radius 2 is 1.81 bits per heavy atom. The van der Waals surface area contributed by atoms with E-state index in [2.05, 4.69) is 10.0 Å². The number of nitrogens with zero attached hydrogens (tertiary/aromatic N) is 1. The molecule has 1 amide bonds. The summed E-state index contributed by atoms with van der Waals surface area (Å²) in [5.74, 6) is 1.13. The molecule has 0 unspecified atom stereocenters. The Kier molecular flexibility index (Phi) is 6.43. The monoisotopic (exact) mass is 415 g/mol. The van der Waals surface area contributed by atoms with Crippen molar-refractivity contribution in [1.82, 2.24) is 14.9 Å². The van der Waals surface area contributed by atoms with E-state index >= 15 is 0 Å². The van der Waals surface area contributed by atoms with Gasteiger partial charge >= 0.3 is 0 Å². The molecule has 0 aromatic heterocycles. The Labute approximate surface area is 166 Å². The average Bonchev–Trinajstić information content (AvgIpc) is 3.24. The van der Waals surface area contributed by atoms with Crippen LogP contribution in [0.3, 0.4) is 0 Å². The third-order valence-electron chi connectivity index (χ3n) is 5.79. The first-order chi connectivity index (χ1) is 12.5. The second kappa shape index (κ2) is 8.45. The smallest absolute Gasteiger partial charge is 0.241 e. The summed E-state index contributed by atoms with van der Waals surface area (Å²) in [6.07, 6.45) is 1.97. The largest absolute Gasteiger partial charge is 0.372 e. The fraction of sp³-hybridized carbons (Fsp3) is 0.611. The van der Waals surface area contributed by atoms with Crippen LogP contribution >= 0.6 is 12.4 Å². The van der Waals surface area contributed by atoms with Gasteiger partial charge in [0.15, 0.2) is 0 Å². The van der Waals surface area contributed by atoms with E-state index in [1.165, 1.54) is 0 Å². The topological polar surface area (TPSA) is 87.7 Å². The van der Waals surface area contributed by atoms with Crippen LogP contribution in [0.5, 0.6) is 0 Å². The summed E-state index contributed by atoms with van der Waals surface area (Å²) in [7, 11) is -3.70. The molecule has 3 heterocycles. The standard InChI is InChI=1S/C18H25N3O4S.ClH/c22-18(21-5-3-13-8-19-9-14(13)4-6-21)10-20-26(23,24)17-2-1-15-11-25-12-16(15)7-17;/h1-2,7,13-14,19-20H,3-6,8-12H2;1H/t13-,14+;. The van der Waals surface area contributed by atoms with E-state index in [1.54, 1.807) is 23.1 Å². The van der Waals surface area contributed by atoms with Gasteiger partial charge in [-0.15, -0.1) is 12.4 Å². The maximum Gasteiger partial charge on any atom is 0.241 e. The van der Waals surface area contributed by atoms with E-state index in [1.807, 2.05) is 0 Å². The van der Waals surface area contributed by atoms with Gasteiger partial charge in [-0.3, -0.25) is 4.79 Å². The minimum atomic E-state index is -3.70. The van der Waals surface area contributed by atoms with Gasteiger partial charge in [0.25, 0.3) is 0 Å². The SMILES string of the molecule is Cl.O=C(CNS(=O)(=O)c1ccc2c(c1)COC2)N1CC[C@@H]2CNC[C@@H]2CC1. The number of hydrogen-bond donors (Lipinski definition) is 2. The van der Waals surface area contributed by atoms with Gasteiger partial charge in [-0.05, 0) is 61.0 Å². The molecule has 2 saturated heterocycles. The second-order valence-electron chi connectivity index (χ2n) is 7.38. The van der Waals surface area contributed by atoms with Crippen molar-refractivity contribution in [3.05, 3.63) is 29.3 Å². The minimum absolute atomic E-state index is 0. The van der Waals surface area contributed by atoms with Crippen molar-refractivity contribution in [1.29, 1.82) is 0 Å². The molecular weight excluding hydrogens is 390 g/mol. The normalized spacial score (nSPS) is 24.7. The van der Waals surface area contributed by atoms with Crippen LogP contribution < -0.4 is 10.0 Å². The number of rotatable bonds is 4. The number of amides is 1. The third-order valence-corrected chi connectivity index (χ3v) is 7.19. The number of benzene rings is 1. The fourth-order valence-corrected chi connectivity index (χ4v) is 5.16. The Morgan fingerprint density at radius 3 is 2.52 bits per heavy atom. The average molecular weight is 416 g/mol.